The van der Waals surface area contributed by atoms with E-state index in [-0.39, 0.29) is 0 Å². The van der Waals surface area contributed by atoms with Gasteiger partial charge < -0.3 is 25.4 Å². The molecule has 0 fully saturated rings. The minimum absolute atomic E-state index is 0.434. The van der Waals surface area contributed by atoms with Crippen LogP contribution >= 0.6 is 0 Å². The maximum atomic E-state index is 11.9. The molecule has 0 heterocycles. The van der Waals surface area contributed by atoms with Crippen molar-refractivity contribution in [1.82, 2.24) is 16.0 Å². The first-order chi connectivity index (χ1) is 10.6. The number of carbonyl (C=O) groups excluding carboxylic acids is 1. The molecule has 23 heavy (non-hydrogen) atoms. The Labute approximate surface area is 140 Å². The van der Waals surface area contributed by atoms with Crippen LogP contribution in [0.4, 0.5) is 4.79 Å². The summed E-state index contributed by atoms with van der Waals surface area (Å²) in [5, 5.41) is 9.26. The third-order valence-electron chi connectivity index (χ3n) is 2.63. The molecule has 136 valence electrons. The van der Waals surface area contributed by atoms with Gasteiger partial charge in [0.05, 0.1) is 12.1 Å². The smallest absolute Gasteiger partial charge is 0.408 e. The Kier molecular flexibility index (Phi) is 9.64. The highest BCUT2D eigenvalue weighted by atomic mass is 16.6. The molecule has 0 aliphatic rings. The van der Waals surface area contributed by atoms with Crippen LogP contribution in [0.25, 0.3) is 0 Å². The summed E-state index contributed by atoms with van der Waals surface area (Å²) in [5.74, 6) is 0.725. The fourth-order valence-electron chi connectivity index (χ4n) is 1.66. The SMILES string of the molecule is CCNC(=NCC(C)(C)NC(=O)OC(C)(C)C)NCCCOC. The summed E-state index contributed by atoms with van der Waals surface area (Å²) in [6, 6.07) is 0. The zero-order valence-corrected chi connectivity index (χ0v) is 15.7. The lowest BCUT2D eigenvalue weighted by molar-refractivity contribution is 0.0476. The molecule has 0 radical (unpaired) electrons. The second-order valence-electron chi connectivity index (χ2n) is 6.98. The topological polar surface area (TPSA) is 84.0 Å². The van der Waals surface area contributed by atoms with Crippen LogP contribution in [0.3, 0.4) is 0 Å². The number of aliphatic imine (C=N–C) groups is 1. The van der Waals surface area contributed by atoms with Gasteiger partial charge in [0.15, 0.2) is 5.96 Å². The fraction of sp³-hybridized carbons (Fsp3) is 0.875. The van der Waals surface area contributed by atoms with Crippen molar-refractivity contribution in [3.63, 3.8) is 0 Å². The van der Waals surface area contributed by atoms with Gasteiger partial charge >= 0.3 is 6.09 Å². The zero-order chi connectivity index (χ0) is 17.9. The number of hydrogen-bond donors (Lipinski definition) is 3. The number of alkyl carbamates (subject to hydrolysis) is 1. The lowest BCUT2D eigenvalue weighted by Gasteiger charge is -2.27. The Morgan fingerprint density at radius 2 is 1.78 bits per heavy atom. The van der Waals surface area contributed by atoms with E-state index in [0.29, 0.717) is 13.2 Å². The lowest BCUT2D eigenvalue weighted by atomic mass is 10.1. The van der Waals surface area contributed by atoms with E-state index >= 15 is 0 Å². The summed E-state index contributed by atoms with van der Waals surface area (Å²) < 4.78 is 10.3. The number of nitrogens with zero attached hydrogens (tertiary/aromatic N) is 1. The first-order valence-corrected chi connectivity index (χ1v) is 8.12. The number of hydrogen-bond acceptors (Lipinski definition) is 4. The summed E-state index contributed by atoms with van der Waals surface area (Å²) in [7, 11) is 1.68. The van der Waals surface area contributed by atoms with Gasteiger partial charge in [0, 0.05) is 26.8 Å². The Morgan fingerprint density at radius 1 is 1.13 bits per heavy atom. The van der Waals surface area contributed by atoms with Crippen molar-refractivity contribution in [3.05, 3.63) is 0 Å². The molecule has 0 rings (SSSR count). The molecule has 7 nitrogen and oxygen atoms in total. The van der Waals surface area contributed by atoms with Crippen LogP contribution < -0.4 is 16.0 Å². The third-order valence-corrected chi connectivity index (χ3v) is 2.63. The Bertz CT molecular complexity index is 376. The van der Waals surface area contributed by atoms with Gasteiger partial charge in [0.2, 0.25) is 0 Å². The molecule has 3 N–H and O–H groups in total. The van der Waals surface area contributed by atoms with E-state index in [1.54, 1.807) is 7.11 Å². The van der Waals surface area contributed by atoms with Gasteiger partial charge in [0.1, 0.15) is 5.60 Å². The van der Waals surface area contributed by atoms with Gasteiger partial charge in [-0.2, -0.15) is 0 Å². The van der Waals surface area contributed by atoms with E-state index in [9.17, 15) is 4.79 Å². The highest BCUT2D eigenvalue weighted by Crippen LogP contribution is 2.09. The number of rotatable bonds is 8. The van der Waals surface area contributed by atoms with Crippen LogP contribution in [-0.2, 0) is 9.47 Å². The molecule has 0 aromatic rings. The van der Waals surface area contributed by atoms with Gasteiger partial charge in [-0.05, 0) is 48.0 Å². The van der Waals surface area contributed by atoms with E-state index < -0.39 is 17.2 Å². The maximum Gasteiger partial charge on any atom is 0.408 e. The minimum atomic E-state index is -0.513. The highest BCUT2D eigenvalue weighted by molar-refractivity contribution is 5.79. The molecule has 0 saturated carbocycles. The number of guanidine groups is 1. The molecule has 0 aliphatic heterocycles. The molecule has 0 unspecified atom stereocenters. The largest absolute Gasteiger partial charge is 0.444 e. The van der Waals surface area contributed by atoms with E-state index in [4.69, 9.17) is 9.47 Å². The molecular weight excluding hydrogens is 296 g/mol. The average Bonchev–Trinajstić information content (AvgIpc) is 2.37. The Hall–Kier alpha value is -1.50. The predicted octanol–water partition coefficient (Wildman–Crippen LogP) is 1.88. The van der Waals surface area contributed by atoms with Crippen LogP contribution in [0.5, 0.6) is 0 Å². The van der Waals surface area contributed by atoms with Crippen molar-refractivity contribution >= 4 is 12.1 Å². The van der Waals surface area contributed by atoms with Crippen molar-refractivity contribution in [2.45, 2.75) is 59.1 Å². The molecule has 7 heteroatoms. The number of carbonyl (C=O) groups is 1. The molecule has 0 spiro atoms. The molecule has 0 bridgehead atoms. The molecule has 0 saturated heterocycles. The van der Waals surface area contributed by atoms with E-state index in [0.717, 1.165) is 25.5 Å². The van der Waals surface area contributed by atoms with Crippen LogP contribution in [-0.4, -0.2) is 56.5 Å². The Balaban J connectivity index is 4.48. The van der Waals surface area contributed by atoms with E-state index in [1.165, 1.54) is 0 Å². The summed E-state index contributed by atoms with van der Waals surface area (Å²) in [5.41, 5.74) is -1.02. The normalized spacial score (nSPS) is 12.7. The quantitative estimate of drug-likeness (QED) is 0.359. The molecule has 1 amide bonds. The molecular formula is C16H34N4O3. The predicted molar refractivity (Wildman–Crippen MR) is 93.9 cm³/mol. The molecule has 0 aliphatic carbocycles. The molecule has 0 aromatic carbocycles. The Morgan fingerprint density at radius 3 is 2.30 bits per heavy atom. The number of nitrogens with one attached hydrogen (secondary N) is 3. The second-order valence-corrected chi connectivity index (χ2v) is 6.98. The standard InChI is InChI=1S/C16H34N4O3/c1-8-17-13(18-10-9-11-22-7)19-12-16(5,6)20-14(21)23-15(2,3)4/h8-12H2,1-7H3,(H,20,21)(H2,17,18,19). The second kappa shape index (κ2) is 10.3. The maximum absolute atomic E-state index is 11.9. The van der Waals surface area contributed by atoms with Crippen molar-refractivity contribution in [1.29, 1.82) is 0 Å². The first-order valence-electron chi connectivity index (χ1n) is 8.12. The van der Waals surface area contributed by atoms with Crippen LogP contribution in [0.1, 0.15) is 48.0 Å². The average molecular weight is 330 g/mol. The fourth-order valence-corrected chi connectivity index (χ4v) is 1.66. The van der Waals surface area contributed by atoms with E-state index in [2.05, 4.69) is 20.9 Å². The summed E-state index contributed by atoms with van der Waals surface area (Å²) in [6.45, 7) is 14.0. The third kappa shape index (κ3) is 12.7. The van der Waals surface area contributed by atoms with Gasteiger partial charge in [-0.15, -0.1) is 0 Å². The van der Waals surface area contributed by atoms with Crippen LogP contribution in [0, 0.1) is 0 Å². The van der Waals surface area contributed by atoms with Gasteiger partial charge in [0.25, 0.3) is 0 Å². The summed E-state index contributed by atoms with van der Waals surface area (Å²) >= 11 is 0. The molecule has 0 atom stereocenters. The highest BCUT2D eigenvalue weighted by Gasteiger charge is 2.24. The monoisotopic (exact) mass is 330 g/mol. The van der Waals surface area contributed by atoms with E-state index in [1.807, 2.05) is 41.5 Å². The van der Waals surface area contributed by atoms with Crippen molar-refractivity contribution in [2.24, 2.45) is 4.99 Å². The summed E-state index contributed by atoms with van der Waals surface area (Å²) in [4.78, 5) is 16.4. The van der Waals surface area contributed by atoms with Crippen LogP contribution in [0.15, 0.2) is 4.99 Å². The van der Waals surface area contributed by atoms with Gasteiger partial charge in [-0.3, -0.25) is 4.99 Å². The lowest BCUT2D eigenvalue weighted by Crippen LogP contribution is -2.49. The van der Waals surface area contributed by atoms with Crippen LogP contribution in [0.2, 0.25) is 0 Å². The van der Waals surface area contributed by atoms with Gasteiger partial charge in [-0.25, -0.2) is 4.79 Å². The van der Waals surface area contributed by atoms with Gasteiger partial charge in [-0.1, -0.05) is 0 Å². The minimum Gasteiger partial charge on any atom is -0.444 e. The number of amides is 1. The molecule has 0 aromatic heterocycles. The van der Waals surface area contributed by atoms with Crippen molar-refractivity contribution < 1.29 is 14.3 Å². The van der Waals surface area contributed by atoms with Crippen molar-refractivity contribution in [3.8, 4) is 0 Å². The summed E-state index contributed by atoms with van der Waals surface area (Å²) in [6.07, 6.45) is 0.469. The van der Waals surface area contributed by atoms with Crippen molar-refractivity contribution in [2.75, 3.05) is 33.4 Å². The number of ether oxygens (including phenoxy) is 2. The number of methoxy groups -OCH3 is 1. The first kappa shape index (κ1) is 21.5. The zero-order valence-electron chi connectivity index (χ0n) is 15.7.